The third kappa shape index (κ3) is 2.58. The minimum Gasteiger partial charge on any atom is -0.379 e. The standard InChI is InChI=1S/C17H24N2O2/c1-11-6-4-7-13(10-11)16-18-12(2)17(20)19(16)14-8-5-9-15(14)21-3/h4,6-7,10,12,14-16,18H,5,8-9H2,1-3H3. The molecule has 0 spiro atoms. The summed E-state index contributed by atoms with van der Waals surface area (Å²) in [4.78, 5) is 14.7. The molecule has 1 saturated heterocycles. The Hall–Kier alpha value is -1.39. The minimum absolute atomic E-state index is 0.0341. The zero-order chi connectivity index (χ0) is 15.0. The third-order valence-electron chi connectivity index (χ3n) is 4.75. The highest BCUT2D eigenvalue weighted by molar-refractivity contribution is 5.84. The van der Waals surface area contributed by atoms with Crippen LogP contribution in [0.5, 0.6) is 0 Å². The summed E-state index contributed by atoms with van der Waals surface area (Å²) in [6, 6.07) is 8.45. The van der Waals surface area contributed by atoms with E-state index in [0.29, 0.717) is 0 Å². The highest BCUT2D eigenvalue weighted by atomic mass is 16.5. The van der Waals surface area contributed by atoms with Crippen LogP contribution in [-0.2, 0) is 9.53 Å². The van der Waals surface area contributed by atoms with E-state index in [0.717, 1.165) is 24.8 Å². The molecule has 1 saturated carbocycles. The number of hydrogen-bond acceptors (Lipinski definition) is 3. The first-order valence-electron chi connectivity index (χ1n) is 7.79. The van der Waals surface area contributed by atoms with Crippen molar-refractivity contribution in [3.8, 4) is 0 Å². The fourth-order valence-electron chi connectivity index (χ4n) is 3.69. The molecule has 4 heteroatoms. The Morgan fingerprint density at radius 3 is 2.86 bits per heavy atom. The van der Waals surface area contributed by atoms with Crippen LogP contribution in [0.1, 0.15) is 43.5 Å². The predicted molar refractivity (Wildman–Crippen MR) is 81.8 cm³/mol. The summed E-state index contributed by atoms with van der Waals surface area (Å²) >= 11 is 0. The van der Waals surface area contributed by atoms with Gasteiger partial charge in [-0.1, -0.05) is 29.8 Å². The van der Waals surface area contributed by atoms with Gasteiger partial charge in [0.1, 0.15) is 6.17 Å². The van der Waals surface area contributed by atoms with Gasteiger partial charge in [-0.3, -0.25) is 10.1 Å². The summed E-state index contributed by atoms with van der Waals surface area (Å²) in [5.74, 6) is 0.190. The highest BCUT2D eigenvalue weighted by Crippen LogP contribution is 2.35. The van der Waals surface area contributed by atoms with Crippen LogP contribution in [0.2, 0.25) is 0 Å². The van der Waals surface area contributed by atoms with Gasteiger partial charge in [-0.25, -0.2) is 0 Å². The lowest BCUT2D eigenvalue weighted by molar-refractivity contribution is -0.134. The van der Waals surface area contributed by atoms with Crippen LogP contribution in [0, 0.1) is 6.92 Å². The zero-order valence-corrected chi connectivity index (χ0v) is 13.0. The van der Waals surface area contributed by atoms with Gasteiger partial charge in [-0.15, -0.1) is 0 Å². The van der Waals surface area contributed by atoms with Gasteiger partial charge in [0.2, 0.25) is 5.91 Å². The zero-order valence-electron chi connectivity index (χ0n) is 13.0. The van der Waals surface area contributed by atoms with Crippen molar-refractivity contribution in [3.63, 3.8) is 0 Å². The van der Waals surface area contributed by atoms with Crippen molar-refractivity contribution < 1.29 is 9.53 Å². The average Bonchev–Trinajstić information content (AvgIpc) is 3.04. The molecule has 2 fully saturated rings. The van der Waals surface area contributed by atoms with Crippen molar-refractivity contribution in [2.45, 2.75) is 57.5 Å². The van der Waals surface area contributed by atoms with Crippen molar-refractivity contribution in [1.29, 1.82) is 0 Å². The van der Waals surface area contributed by atoms with Crippen LogP contribution in [0.15, 0.2) is 24.3 Å². The summed E-state index contributed by atoms with van der Waals surface area (Å²) < 4.78 is 5.61. The number of rotatable bonds is 3. The number of amides is 1. The maximum absolute atomic E-state index is 12.6. The van der Waals surface area contributed by atoms with Crippen LogP contribution in [0.3, 0.4) is 0 Å². The molecule has 21 heavy (non-hydrogen) atoms. The van der Waals surface area contributed by atoms with E-state index in [1.165, 1.54) is 5.56 Å². The van der Waals surface area contributed by atoms with Gasteiger partial charge in [-0.2, -0.15) is 0 Å². The van der Waals surface area contributed by atoms with Gasteiger partial charge in [-0.05, 0) is 38.7 Å². The minimum atomic E-state index is -0.131. The number of carbonyl (C=O) groups is 1. The molecule has 0 radical (unpaired) electrons. The number of benzene rings is 1. The molecule has 1 aliphatic carbocycles. The molecule has 1 aliphatic heterocycles. The topological polar surface area (TPSA) is 41.6 Å². The van der Waals surface area contributed by atoms with Gasteiger partial charge in [0, 0.05) is 7.11 Å². The van der Waals surface area contributed by atoms with E-state index in [1.807, 2.05) is 11.8 Å². The average molecular weight is 288 g/mol. The largest absolute Gasteiger partial charge is 0.379 e. The normalized spacial score (nSPS) is 32.9. The van der Waals surface area contributed by atoms with E-state index in [1.54, 1.807) is 7.11 Å². The number of ether oxygens (including phenoxy) is 1. The molecule has 3 rings (SSSR count). The maximum atomic E-state index is 12.6. The molecule has 1 aromatic rings. The molecule has 0 bridgehead atoms. The Morgan fingerprint density at radius 1 is 1.33 bits per heavy atom. The maximum Gasteiger partial charge on any atom is 0.241 e. The SMILES string of the molecule is COC1CCCC1N1C(=O)C(C)NC1c1cccc(C)c1. The highest BCUT2D eigenvalue weighted by Gasteiger charge is 2.45. The first-order valence-corrected chi connectivity index (χ1v) is 7.79. The van der Waals surface area contributed by atoms with E-state index in [-0.39, 0.29) is 30.3 Å². The van der Waals surface area contributed by atoms with Crippen LogP contribution >= 0.6 is 0 Å². The monoisotopic (exact) mass is 288 g/mol. The number of methoxy groups -OCH3 is 1. The second-order valence-electron chi connectivity index (χ2n) is 6.22. The van der Waals surface area contributed by atoms with Crippen molar-refractivity contribution >= 4 is 5.91 Å². The number of carbonyl (C=O) groups excluding carboxylic acids is 1. The van der Waals surface area contributed by atoms with Crippen LogP contribution < -0.4 is 5.32 Å². The van der Waals surface area contributed by atoms with Gasteiger partial charge in [0.25, 0.3) is 0 Å². The first-order chi connectivity index (χ1) is 10.1. The number of nitrogens with zero attached hydrogens (tertiary/aromatic N) is 1. The van der Waals surface area contributed by atoms with Crippen molar-refractivity contribution in [1.82, 2.24) is 10.2 Å². The Morgan fingerprint density at radius 2 is 2.14 bits per heavy atom. The summed E-state index contributed by atoms with van der Waals surface area (Å²) in [6.07, 6.45) is 3.32. The molecule has 0 aromatic heterocycles. The van der Waals surface area contributed by atoms with Crippen molar-refractivity contribution in [2.75, 3.05) is 7.11 Å². The van der Waals surface area contributed by atoms with E-state index in [2.05, 4.69) is 36.5 Å². The van der Waals surface area contributed by atoms with Gasteiger partial charge < -0.3 is 9.64 Å². The van der Waals surface area contributed by atoms with E-state index in [9.17, 15) is 4.79 Å². The first kappa shape index (κ1) is 14.5. The smallest absolute Gasteiger partial charge is 0.241 e. The van der Waals surface area contributed by atoms with E-state index < -0.39 is 0 Å². The number of aryl methyl sites for hydroxylation is 1. The predicted octanol–water partition coefficient (Wildman–Crippen LogP) is 2.38. The Kier molecular flexibility index (Phi) is 4.00. The van der Waals surface area contributed by atoms with Crippen LogP contribution in [0.25, 0.3) is 0 Å². The second-order valence-corrected chi connectivity index (χ2v) is 6.22. The molecular formula is C17H24N2O2. The molecule has 2 aliphatic rings. The lowest BCUT2D eigenvalue weighted by atomic mass is 10.1. The number of hydrogen-bond donors (Lipinski definition) is 1. The van der Waals surface area contributed by atoms with Crippen LogP contribution in [0.4, 0.5) is 0 Å². The molecule has 1 amide bonds. The van der Waals surface area contributed by atoms with E-state index in [4.69, 9.17) is 4.74 Å². The summed E-state index contributed by atoms with van der Waals surface area (Å²) in [5.41, 5.74) is 2.38. The molecule has 1 aromatic carbocycles. The summed E-state index contributed by atoms with van der Waals surface area (Å²) in [5, 5.41) is 3.44. The van der Waals surface area contributed by atoms with Crippen LogP contribution in [-0.4, -0.2) is 36.1 Å². The van der Waals surface area contributed by atoms with Crippen molar-refractivity contribution in [2.24, 2.45) is 0 Å². The Labute approximate surface area is 126 Å². The lowest BCUT2D eigenvalue weighted by Gasteiger charge is -2.33. The third-order valence-corrected chi connectivity index (χ3v) is 4.75. The summed E-state index contributed by atoms with van der Waals surface area (Å²) in [6.45, 7) is 4.03. The molecule has 114 valence electrons. The fraction of sp³-hybridized carbons (Fsp3) is 0.588. The van der Waals surface area contributed by atoms with E-state index >= 15 is 0 Å². The molecule has 1 heterocycles. The molecular weight excluding hydrogens is 264 g/mol. The molecule has 4 unspecified atom stereocenters. The van der Waals surface area contributed by atoms with Gasteiger partial charge in [0.15, 0.2) is 0 Å². The van der Waals surface area contributed by atoms with Gasteiger partial charge >= 0.3 is 0 Å². The molecule has 4 nitrogen and oxygen atoms in total. The fourth-order valence-corrected chi connectivity index (χ4v) is 3.69. The van der Waals surface area contributed by atoms with Gasteiger partial charge in [0.05, 0.1) is 18.2 Å². The summed E-state index contributed by atoms with van der Waals surface area (Å²) in [7, 11) is 1.75. The Balaban J connectivity index is 1.93. The lowest BCUT2D eigenvalue weighted by Crippen LogP contribution is -2.44. The quantitative estimate of drug-likeness (QED) is 0.928. The molecule has 1 N–H and O–H groups in total. The Bertz CT molecular complexity index is 531. The molecule has 4 atom stereocenters. The second kappa shape index (κ2) is 5.78. The number of nitrogens with one attached hydrogen (secondary N) is 1. The van der Waals surface area contributed by atoms with Crippen molar-refractivity contribution in [3.05, 3.63) is 35.4 Å².